The number of hydrogen-bond acceptors (Lipinski definition) is 4. The molecule has 1 fully saturated rings. The molecular formula is C24H32N2O2Si. The number of ether oxygens (including phenoxy) is 2. The molecule has 2 heterocycles. The van der Waals surface area contributed by atoms with Crippen molar-refractivity contribution in [3.63, 3.8) is 0 Å². The molecule has 5 heteroatoms. The van der Waals surface area contributed by atoms with Crippen molar-refractivity contribution in [1.82, 2.24) is 0 Å². The lowest BCUT2D eigenvalue weighted by atomic mass is 10.0. The van der Waals surface area contributed by atoms with Crippen LogP contribution in [-0.2, 0) is 9.47 Å². The second kappa shape index (κ2) is 8.82. The molecular weight excluding hydrogens is 376 g/mol. The van der Waals surface area contributed by atoms with E-state index in [4.69, 9.17) is 14.5 Å². The Kier molecular flexibility index (Phi) is 6.18. The summed E-state index contributed by atoms with van der Waals surface area (Å²) in [5.41, 5.74) is 5.14. The zero-order valence-corrected chi connectivity index (χ0v) is 18.9. The molecule has 1 aromatic carbocycles. The monoisotopic (exact) mass is 408 g/mol. The first-order valence-electron chi connectivity index (χ1n) is 10.8. The molecule has 0 bridgehead atoms. The molecule has 0 atom stereocenters. The molecule has 1 aromatic rings. The van der Waals surface area contributed by atoms with Gasteiger partial charge in [0.1, 0.15) is 8.07 Å². The summed E-state index contributed by atoms with van der Waals surface area (Å²) in [6.45, 7) is 12.9. The van der Waals surface area contributed by atoms with Gasteiger partial charge in [-0.25, -0.2) is 0 Å². The largest absolute Gasteiger partial charge is 0.380 e. The number of aliphatic imine (C=N–C) groups is 1. The molecule has 0 spiro atoms. The van der Waals surface area contributed by atoms with Crippen LogP contribution >= 0.6 is 0 Å². The Morgan fingerprint density at radius 2 is 1.93 bits per heavy atom. The molecule has 2 aliphatic heterocycles. The second-order valence-electron chi connectivity index (χ2n) is 8.41. The minimum Gasteiger partial charge on any atom is -0.380 e. The van der Waals surface area contributed by atoms with Gasteiger partial charge in [-0.3, -0.25) is 4.99 Å². The van der Waals surface area contributed by atoms with Gasteiger partial charge in [0, 0.05) is 25.4 Å². The highest BCUT2D eigenvalue weighted by molar-refractivity contribution is 6.97. The van der Waals surface area contributed by atoms with Crippen LogP contribution in [0.15, 0.2) is 52.2 Å². The first-order chi connectivity index (χ1) is 14.1. The van der Waals surface area contributed by atoms with Gasteiger partial charge < -0.3 is 14.4 Å². The summed E-state index contributed by atoms with van der Waals surface area (Å²) in [5.74, 6) is 0. The van der Waals surface area contributed by atoms with E-state index in [1.165, 1.54) is 27.2 Å². The van der Waals surface area contributed by atoms with Crippen LogP contribution in [0.2, 0.25) is 13.1 Å². The molecule has 0 saturated carbocycles. The molecule has 1 aliphatic carbocycles. The molecule has 0 N–H and O–H groups in total. The maximum atomic E-state index is 5.57. The van der Waals surface area contributed by atoms with E-state index in [-0.39, 0.29) is 0 Å². The molecule has 4 rings (SSSR count). The van der Waals surface area contributed by atoms with Crippen molar-refractivity contribution >= 4 is 30.7 Å². The maximum absolute atomic E-state index is 5.57. The first kappa shape index (κ1) is 20.3. The van der Waals surface area contributed by atoms with Gasteiger partial charge in [-0.2, -0.15) is 0 Å². The Bertz CT molecular complexity index is 877. The van der Waals surface area contributed by atoms with Crippen molar-refractivity contribution < 1.29 is 9.47 Å². The fourth-order valence-corrected chi connectivity index (χ4v) is 7.40. The van der Waals surface area contributed by atoms with Crippen molar-refractivity contribution in [2.75, 3.05) is 51.0 Å². The Balaban J connectivity index is 1.60. The molecule has 0 radical (unpaired) electrons. The minimum absolute atomic E-state index is 0.698. The fraction of sp³-hybridized carbons (Fsp3) is 0.458. The van der Waals surface area contributed by atoms with Gasteiger partial charge in [0.2, 0.25) is 0 Å². The highest BCUT2D eigenvalue weighted by Gasteiger charge is 2.36. The average molecular weight is 409 g/mol. The van der Waals surface area contributed by atoms with Crippen molar-refractivity contribution in [2.24, 2.45) is 4.99 Å². The standard InChI is InChI=1S/C24H32N2O2Si/c1-4-12-27-13-9-25-21-7-5-19-16-20-6-8-22(26-10-14-28-15-11-26)18-24(20)29(2,3)23(19)17-21/h5-8,16-18H,4,9-15H2,1-3H3. The number of allylic oxidation sites excluding steroid dienone is 5. The van der Waals surface area contributed by atoms with Crippen molar-refractivity contribution in [1.29, 1.82) is 0 Å². The fourth-order valence-electron chi connectivity index (χ4n) is 4.34. The number of anilines is 1. The normalized spacial score (nSPS) is 21.5. The average Bonchev–Trinajstić information content (AvgIpc) is 2.74. The van der Waals surface area contributed by atoms with E-state index in [1.54, 1.807) is 0 Å². The number of benzene rings is 1. The second-order valence-corrected chi connectivity index (χ2v) is 12.7. The van der Waals surface area contributed by atoms with Gasteiger partial charge in [-0.1, -0.05) is 32.2 Å². The lowest BCUT2D eigenvalue weighted by molar-refractivity contribution is 0.122. The van der Waals surface area contributed by atoms with Gasteiger partial charge in [-0.15, -0.1) is 0 Å². The lowest BCUT2D eigenvalue weighted by Crippen LogP contribution is -2.49. The maximum Gasteiger partial charge on any atom is 0.113 e. The molecule has 3 aliphatic rings. The minimum atomic E-state index is -1.80. The van der Waals surface area contributed by atoms with E-state index in [9.17, 15) is 0 Å². The highest BCUT2D eigenvalue weighted by atomic mass is 28.3. The molecule has 4 nitrogen and oxygen atoms in total. The molecule has 0 aromatic heterocycles. The van der Waals surface area contributed by atoms with E-state index in [0.717, 1.165) is 51.6 Å². The Hall–Kier alpha value is -1.95. The Labute approximate surface area is 175 Å². The lowest BCUT2D eigenvalue weighted by Gasteiger charge is -2.36. The van der Waals surface area contributed by atoms with Crippen LogP contribution in [0.25, 0.3) is 6.08 Å². The topological polar surface area (TPSA) is 34.1 Å². The van der Waals surface area contributed by atoms with Crippen LogP contribution in [0.3, 0.4) is 0 Å². The van der Waals surface area contributed by atoms with Crippen LogP contribution in [0, 0.1) is 0 Å². The van der Waals surface area contributed by atoms with Crippen LogP contribution in [0.4, 0.5) is 5.69 Å². The van der Waals surface area contributed by atoms with Gasteiger partial charge in [0.25, 0.3) is 0 Å². The molecule has 1 saturated heterocycles. The predicted octanol–water partition coefficient (Wildman–Crippen LogP) is 3.74. The van der Waals surface area contributed by atoms with Gasteiger partial charge in [0.05, 0.1) is 32.1 Å². The van der Waals surface area contributed by atoms with E-state index in [1.807, 2.05) is 0 Å². The molecule has 0 amide bonds. The first-order valence-corrected chi connectivity index (χ1v) is 13.8. The van der Waals surface area contributed by atoms with Gasteiger partial charge in [0.15, 0.2) is 0 Å². The summed E-state index contributed by atoms with van der Waals surface area (Å²) in [6.07, 6.45) is 10.1. The predicted molar refractivity (Wildman–Crippen MR) is 125 cm³/mol. The number of morpholine rings is 1. The molecule has 154 valence electrons. The summed E-state index contributed by atoms with van der Waals surface area (Å²) in [5, 5.41) is 3.01. The Morgan fingerprint density at radius 1 is 1.10 bits per heavy atom. The molecule has 0 unspecified atom stereocenters. The number of hydrogen-bond donors (Lipinski definition) is 0. The van der Waals surface area contributed by atoms with Crippen molar-refractivity contribution in [2.45, 2.75) is 26.4 Å². The highest BCUT2D eigenvalue weighted by Crippen LogP contribution is 2.34. The van der Waals surface area contributed by atoms with E-state index in [0.29, 0.717) is 6.61 Å². The smallest absolute Gasteiger partial charge is 0.113 e. The van der Waals surface area contributed by atoms with E-state index >= 15 is 0 Å². The van der Waals surface area contributed by atoms with Crippen molar-refractivity contribution in [3.05, 3.63) is 52.8 Å². The van der Waals surface area contributed by atoms with Gasteiger partial charge in [-0.05, 0) is 58.3 Å². The summed E-state index contributed by atoms with van der Waals surface area (Å²) in [6, 6.07) is 7.02. The summed E-state index contributed by atoms with van der Waals surface area (Å²) in [7, 11) is -1.80. The number of nitrogens with zero attached hydrogens (tertiary/aromatic N) is 2. The van der Waals surface area contributed by atoms with Crippen LogP contribution in [0.5, 0.6) is 0 Å². The third kappa shape index (κ3) is 4.32. The SMILES string of the molecule is CCCOCCN=C1C=CC2=Cc3ccc(N4CCOCC4)cc3[Si](C)(C)C2=C1. The Morgan fingerprint density at radius 3 is 2.72 bits per heavy atom. The van der Waals surface area contributed by atoms with Gasteiger partial charge >= 0.3 is 0 Å². The van der Waals surface area contributed by atoms with Crippen LogP contribution in [0.1, 0.15) is 18.9 Å². The summed E-state index contributed by atoms with van der Waals surface area (Å²) in [4.78, 5) is 7.21. The molecule has 29 heavy (non-hydrogen) atoms. The third-order valence-electron chi connectivity index (χ3n) is 5.99. The summed E-state index contributed by atoms with van der Waals surface area (Å²) >= 11 is 0. The van der Waals surface area contributed by atoms with Crippen molar-refractivity contribution in [3.8, 4) is 0 Å². The quantitative estimate of drug-likeness (QED) is 0.531. The zero-order valence-electron chi connectivity index (χ0n) is 17.9. The van der Waals surface area contributed by atoms with E-state index in [2.05, 4.69) is 67.4 Å². The van der Waals surface area contributed by atoms with Crippen LogP contribution in [-0.4, -0.2) is 59.8 Å². The zero-order chi connectivity index (χ0) is 20.3. The number of rotatable bonds is 6. The van der Waals surface area contributed by atoms with E-state index < -0.39 is 8.07 Å². The number of fused-ring (bicyclic) bond motifs is 2. The summed E-state index contributed by atoms with van der Waals surface area (Å²) < 4.78 is 11.1. The third-order valence-corrected chi connectivity index (χ3v) is 9.55. The van der Waals surface area contributed by atoms with Crippen LogP contribution < -0.4 is 10.1 Å².